The van der Waals surface area contributed by atoms with Gasteiger partial charge in [0.2, 0.25) is 11.7 Å². The van der Waals surface area contributed by atoms with Crippen LogP contribution in [0.5, 0.6) is 11.5 Å². The highest BCUT2D eigenvalue weighted by molar-refractivity contribution is 5.67. The molecule has 2 aromatic carbocycles. The van der Waals surface area contributed by atoms with E-state index in [1.807, 2.05) is 73.4 Å². The van der Waals surface area contributed by atoms with E-state index >= 15 is 0 Å². The Bertz CT molecular complexity index is 1190. The van der Waals surface area contributed by atoms with Crippen molar-refractivity contribution in [1.29, 1.82) is 0 Å². The normalized spacial score (nSPS) is 13.9. The molecule has 0 aliphatic carbocycles. The summed E-state index contributed by atoms with van der Waals surface area (Å²) in [5.41, 5.74) is 3.87. The molecule has 2 aromatic heterocycles. The van der Waals surface area contributed by atoms with Crippen LogP contribution >= 0.6 is 0 Å². The smallest absolute Gasteiger partial charge is 0.243 e. The van der Waals surface area contributed by atoms with E-state index < -0.39 is 0 Å². The van der Waals surface area contributed by atoms with E-state index in [9.17, 15) is 0 Å². The van der Waals surface area contributed by atoms with Gasteiger partial charge in [-0.2, -0.15) is 10.1 Å². The predicted molar refractivity (Wildman–Crippen MR) is 115 cm³/mol. The van der Waals surface area contributed by atoms with Gasteiger partial charge in [-0.15, -0.1) is 0 Å². The van der Waals surface area contributed by atoms with E-state index in [1.165, 1.54) is 0 Å². The molecule has 1 aliphatic heterocycles. The zero-order valence-corrected chi connectivity index (χ0v) is 17.4. The van der Waals surface area contributed by atoms with Crippen LogP contribution in [0.4, 0.5) is 0 Å². The van der Waals surface area contributed by atoms with E-state index in [0.29, 0.717) is 31.5 Å². The fraction of sp³-hybridized carbons (Fsp3) is 0.261. The minimum atomic E-state index is -0.113. The standard InChI is InChI=1S/C23H23N5O3/c1-15(23-25-22(27-31-23)16-6-4-3-5-7-16)24-13-18-14-28(2)26-21(18)17-8-9-19-20(12-17)30-11-10-29-19/h3-9,12,14-15,24H,10-11,13H2,1-2H3/t15-/m1/s1. The Morgan fingerprint density at radius 1 is 1.03 bits per heavy atom. The summed E-state index contributed by atoms with van der Waals surface area (Å²) in [6.45, 7) is 3.73. The van der Waals surface area contributed by atoms with E-state index in [1.54, 1.807) is 0 Å². The highest BCUT2D eigenvalue weighted by Gasteiger charge is 2.19. The first kappa shape index (κ1) is 19.3. The van der Waals surface area contributed by atoms with Gasteiger partial charge in [0.1, 0.15) is 13.2 Å². The van der Waals surface area contributed by atoms with Crippen LogP contribution in [-0.4, -0.2) is 33.1 Å². The Kier molecular flexibility index (Phi) is 5.13. The summed E-state index contributed by atoms with van der Waals surface area (Å²) in [6.07, 6.45) is 2.01. The third-order valence-corrected chi connectivity index (χ3v) is 5.16. The van der Waals surface area contributed by atoms with Gasteiger partial charge in [-0.1, -0.05) is 35.5 Å². The van der Waals surface area contributed by atoms with Crippen LogP contribution in [0.1, 0.15) is 24.4 Å². The maximum absolute atomic E-state index is 5.72. The molecule has 5 rings (SSSR count). The SMILES string of the molecule is C[C@@H](NCc1cn(C)nc1-c1ccc2c(c1)OCCO2)c1nc(-c2ccccc2)no1. The highest BCUT2D eigenvalue weighted by Crippen LogP contribution is 2.35. The van der Waals surface area contributed by atoms with Gasteiger partial charge in [-0.3, -0.25) is 4.68 Å². The molecule has 0 saturated heterocycles. The number of hydrogen-bond donors (Lipinski definition) is 1. The van der Waals surface area contributed by atoms with Crippen molar-refractivity contribution in [1.82, 2.24) is 25.2 Å². The fourth-order valence-electron chi connectivity index (χ4n) is 3.57. The maximum atomic E-state index is 5.72. The first-order valence-corrected chi connectivity index (χ1v) is 10.2. The predicted octanol–water partition coefficient (Wildman–Crippen LogP) is 3.76. The van der Waals surface area contributed by atoms with Crippen molar-refractivity contribution in [2.45, 2.75) is 19.5 Å². The molecule has 0 radical (unpaired) electrons. The number of ether oxygens (including phenoxy) is 2. The monoisotopic (exact) mass is 417 g/mol. The van der Waals surface area contributed by atoms with Crippen LogP contribution in [0.15, 0.2) is 59.3 Å². The molecule has 1 atom stereocenters. The van der Waals surface area contributed by atoms with Crippen molar-refractivity contribution in [3.63, 3.8) is 0 Å². The largest absolute Gasteiger partial charge is 0.486 e. The molecule has 8 nitrogen and oxygen atoms in total. The topological polar surface area (TPSA) is 87.2 Å². The van der Waals surface area contributed by atoms with Crippen molar-refractivity contribution in [2.24, 2.45) is 7.05 Å². The van der Waals surface area contributed by atoms with Gasteiger partial charge in [0.15, 0.2) is 11.5 Å². The number of hydrogen-bond acceptors (Lipinski definition) is 7. The number of aromatic nitrogens is 4. The lowest BCUT2D eigenvalue weighted by Crippen LogP contribution is -2.18. The second-order valence-electron chi connectivity index (χ2n) is 7.46. The third-order valence-electron chi connectivity index (χ3n) is 5.16. The van der Waals surface area contributed by atoms with E-state index in [4.69, 9.17) is 14.0 Å². The summed E-state index contributed by atoms with van der Waals surface area (Å²) in [5, 5.41) is 12.2. The lowest BCUT2D eigenvalue weighted by molar-refractivity contribution is 0.171. The molecule has 4 aromatic rings. The molecule has 0 fully saturated rings. The van der Waals surface area contributed by atoms with E-state index in [0.717, 1.165) is 33.9 Å². The molecule has 31 heavy (non-hydrogen) atoms. The maximum Gasteiger partial charge on any atom is 0.243 e. The molecule has 0 bridgehead atoms. The molecule has 0 unspecified atom stereocenters. The number of rotatable bonds is 6. The molecular weight excluding hydrogens is 394 g/mol. The van der Waals surface area contributed by atoms with Crippen molar-refractivity contribution < 1.29 is 14.0 Å². The number of nitrogens with zero attached hydrogens (tertiary/aromatic N) is 4. The average Bonchev–Trinajstić information content (AvgIpc) is 3.45. The fourth-order valence-corrected chi connectivity index (χ4v) is 3.57. The minimum Gasteiger partial charge on any atom is -0.486 e. The zero-order valence-electron chi connectivity index (χ0n) is 17.4. The quantitative estimate of drug-likeness (QED) is 0.511. The summed E-state index contributed by atoms with van der Waals surface area (Å²) in [5.74, 6) is 2.65. The Morgan fingerprint density at radius 3 is 2.68 bits per heavy atom. The van der Waals surface area contributed by atoms with Gasteiger partial charge in [-0.05, 0) is 25.1 Å². The summed E-state index contributed by atoms with van der Waals surface area (Å²) in [7, 11) is 1.92. The van der Waals surface area contributed by atoms with Gasteiger partial charge in [0.05, 0.1) is 11.7 Å². The molecule has 1 aliphatic rings. The number of fused-ring (bicyclic) bond motifs is 1. The average molecular weight is 417 g/mol. The Morgan fingerprint density at radius 2 is 1.84 bits per heavy atom. The molecule has 3 heterocycles. The molecule has 1 N–H and O–H groups in total. The Hall–Kier alpha value is -3.65. The molecule has 158 valence electrons. The van der Waals surface area contributed by atoms with Crippen LogP contribution in [-0.2, 0) is 13.6 Å². The third kappa shape index (κ3) is 4.02. The van der Waals surface area contributed by atoms with E-state index in [-0.39, 0.29) is 6.04 Å². The number of aryl methyl sites for hydroxylation is 1. The Labute approximate surface area is 179 Å². The molecule has 8 heteroatoms. The molecule has 0 amide bonds. The van der Waals surface area contributed by atoms with Crippen LogP contribution in [0, 0.1) is 0 Å². The van der Waals surface area contributed by atoms with E-state index in [2.05, 4.69) is 20.6 Å². The van der Waals surface area contributed by atoms with Gasteiger partial charge < -0.3 is 19.3 Å². The summed E-state index contributed by atoms with van der Waals surface area (Å²) < 4.78 is 18.6. The molecule has 0 saturated carbocycles. The summed E-state index contributed by atoms with van der Waals surface area (Å²) in [6, 6.07) is 15.6. The van der Waals surface area contributed by atoms with Crippen molar-refractivity contribution in [2.75, 3.05) is 13.2 Å². The van der Waals surface area contributed by atoms with Crippen molar-refractivity contribution >= 4 is 0 Å². The first-order chi connectivity index (χ1) is 15.2. The first-order valence-electron chi connectivity index (χ1n) is 10.2. The highest BCUT2D eigenvalue weighted by atomic mass is 16.6. The minimum absolute atomic E-state index is 0.113. The lowest BCUT2D eigenvalue weighted by Gasteiger charge is -2.18. The van der Waals surface area contributed by atoms with Gasteiger partial charge in [0, 0.05) is 36.5 Å². The van der Waals surface area contributed by atoms with Crippen LogP contribution in [0.3, 0.4) is 0 Å². The summed E-state index contributed by atoms with van der Waals surface area (Å²) in [4.78, 5) is 4.54. The van der Waals surface area contributed by atoms with Gasteiger partial charge in [-0.25, -0.2) is 0 Å². The lowest BCUT2D eigenvalue weighted by atomic mass is 10.1. The molecular formula is C23H23N5O3. The number of nitrogens with one attached hydrogen (secondary N) is 1. The number of benzene rings is 2. The second-order valence-corrected chi connectivity index (χ2v) is 7.46. The Balaban J connectivity index is 1.32. The van der Waals surface area contributed by atoms with Crippen LogP contribution in [0.25, 0.3) is 22.6 Å². The van der Waals surface area contributed by atoms with Crippen molar-refractivity contribution in [3.05, 3.63) is 66.2 Å². The van der Waals surface area contributed by atoms with Gasteiger partial charge in [0.25, 0.3) is 0 Å². The second kappa shape index (κ2) is 8.23. The van der Waals surface area contributed by atoms with Crippen molar-refractivity contribution in [3.8, 4) is 34.1 Å². The van der Waals surface area contributed by atoms with Crippen LogP contribution in [0.2, 0.25) is 0 Å². The van der Waals surface area contributed by atoms with Crippen LogP contribution < -0.4 is 14.8 Å². The van der Waals surface area contributed by atoms with Gasteiger partial charge >= 0.3 is 0 Å². The zero-order chi connectivity index (χ0) is 21.2. The molecule has 0 spiro atoms. The summed E-state index contributed by atoms with van der Waals surface area (Å²) >= 11 is 0.